The molecule has 0 saturated carbocycles. The van der Waals surface area contributed by atoms with E-state index in [1.54, 1.807) is 7.11 Å². The van der Waals surface area contributed by atoms with Gasteiger partial charge in [0.2, 0.25) is 5.91 Å². The van der Waals surface area contributed by atoms with Gasteiger partial charge in [-0.05, 0) is 37.6 Å². The average molecular weight is 310 g/mol. The van der Waals surface area contributed by atoms with Gasteiger partial charge in [-0.15, -0.1) is 0 Å². The zero-order valence-corrected chi connectivity index (χ0v) is 13.4. The van der Waals surface area contributed by atoms with E-state index < -0.39 is 0 Å². The highest BCUT2D eigenvalue weighted by Crippen LogP contribution is 2.15. The highest BCUT2D eigenvalue weighted by atomic mass is 16.5. The Morgan fingerprint density at radius 1 is 1.14 bits per heavy atom. The van der Waals surface area contributed by atoms with Crippen molar-refractivity contribution < 1.29 is 19.0 Å². The lowest BCUT2D eigenvalue weighted by molar-refractivity contribution is -0.119. The quantitative estimate of drug-likeness (QED) is 0.575. The summed E-state index contributed by atoms with van der Waals surface area (Å²) in [7, 11) is 1.65. The molecule has 0 fully saturated rings. The van der Waals surface area contributed by atoms with Crippen molar-refractivity contribution in [2.45, 2.75) is 13.3 Å². The van der Waals surface area contributed by atoms with Crippen LogP contribution in [0.15, 0.2) is 24.3 Å². The van der Waals surface area contributed by atoms with Gasteiger partial charge < -0.3 is 24.8 Å². The van der Waals surface area contributed by atoms with E-state index >= 15 is 0 Å². The molecule has 22 heavy (non-hydrogen) atoms. The summed E-state index contributed by atoms with van der Waals surface area (Å²) < 4.78 is 15.6. The van der Waals surface area contributed by atoms with Gasteiger partial charge in [0.1, 0.15) is 12.4 Å². The van der Waals surface area contributed by atoms with Crippen LogP contribution in [0.3, 0.4) is 0 Å². The van der Waals surface area contributed by atoms with Crippen LogP contribution in [0.5, 0.6) is 5.75 Å². The third-order valence-electron chi connectivity index (χ3n) is 2.86. The van der Waals surface area contributed by atoms with E-state index in [1.807, 2.05) is 31.2 Å². The van der Waals surface area contributed by atoms with Gasteiger partial charge in [0.15, 0.2) is 0 Å². The summed E-state index contributed by atoms with van der Waals surface area (Å²) in [6, 6.07) is 7.50. The van der Waals surface area contributed by atoms with Crippen molar-refractivity contribution in [3.63, 3.8) is 0 Å². The molecule has 0 aliphatic rings. The van der Waals surface area contributed by atoms with Crippen molar-refractivity contribution in [3.8, 4) is 5.75 Å². The first-order valence-electron chi connectivity index (χ1n) is 7.56. The van der Waals surface area contributed by atoms with Crippen LogP contribution in [0, 0.1) is 0 Å². The summed E-state index contributed by atoms with van der Waals surface area (Å²) >= 11 is 0. The number of methoxy groups -OCH3 is 1. The maximum absolute atomic E-state index is 11.6. The molecule has 6 nitrogen and oxygen atoms in total. The van der Waals surface area contributed by atoms with Crippen LogP contribution in [0.25, 0.3) is 0 Å². The number of ether oxygens (including phenoxy) is 3. The van der Waals surface area contributed by atoms with E-state index in [2.05, 4.69) is 10.6 Å². The van der Waals surface area contributed by atoms with Crippen LogP contribution in [0.1, 0.15) is 13.3 Å². The molecule has 0 saturated heterocycles. The molecule has 1 amide bonds. The standard InChI is InChI=1S/C16H26N2O4/c1-3-21-11-12-22-15-7-5-14(6-8-15)18-13-16(19)17-9-4-10-20-2/h5-8,18H,3-4,9-13H2,1-2H3,(H,17,19). The summed E-state index contributed by atoms with van der Waals surface area (Å²) in [5.41, 5.74) is 0.879. The predicted molar refractivity (Wildman–Crippen MR) is 86.4 cm³/mol. The lowest BCUT2D eigenvalue weighted by Gasteiger charge is -2.09. The SMILES string of the molecule is CCOCCOc1ccc(NCC(=O)NCCCOC)cc1. The van der Waals surface area contributed by atoms with Crippen molar-refractivity contribution in [2.75, 3.05) is 51.9 Å². The van der Waals surface area contributed by atoms with Crippen molar-refractivity contribution in [2.24, 2.45) is 0 Å². The van der Waals surface area contributed by atoms with Crippen LogP contribution in [0.2, 0.25) is 0 Å². The van der Waals surface area contributed by atoms with Gasteiger partial charge in [0, 0.05) is 32.6 Å². The lowest BCUT2D eigenvalue weighted by atomic mass is 10.3. The number of amides is 1. The minimum Gasteiger partial charge on any atom is -0.491 e. The molecule has 1 aromatic carbocycles. The molecule has 0 heterocycles. The molecule has 0 atom stereocenters. The molecular weight excluding hydrogens is 284 g/mol. The van der Waals surface area contributed by atoms with Gasteiger partial charge >= 0.3 is 0 Å². The molecule has 0 aliphatic heterocycles. The van der Waals surface area contributed by atoms with Crippen molar-refractivity contribution >= 4 is 11.6 Å². The molecule has 0 bridgehead atoms. The number of rotatable bonds is 12. The van der Waals surface area contributed by atoms with E-state index in [9.17, 15) is 4.79 Å². The van der Waals surface area contributed by atoms with Crippen LogP contribution < -0.4 is 15.4 Å². The highest BCUT2D eigenvalue weighted by Gasteiger charge is 2.01. The molecule has 1 rings (SSSR count). The summed E-state index contributed by atoms with van der Waals surface area (Å²) in [5, 5.41) is 5.88. The fraction of sp³-hybridized carbons (Fsp3) is 0.562. The summed E-state index contributed by atoms with van der Waals surface area (Å²) in [6.07, 6.45) is 0.815. The Labute approximate surface area is 132 Å². The minimum absolute atomic E-state index is 0.0341. The lowest BCUT2D eigenvalue weighted by Crippen LogP contribution is -2.31. The number of carbonyl (C=O) groups is 1. The minimum atomic E-state index is -0.0341. The molecule has 0 aliphatic carbocycles. The number of anilines is 1. The second-order valence-electron chi connectivity index (χ2n) is 4.62. The van der Waals surface area contributed by atoms with Crippen LogP contribution in [-0.4, -0.2) is 52.5 Å². The molecule has 0 aromatic heterocycles. The van der Waals surface area contributed by atoms with Crippen molar-refractivity contribution in [1.29, 1.82) is 0 Å². The molecule has 2 N–H and O–H groups in total. The highest BCUT2D eigenvalue weighted by molar-refractivity contribution is 5.80. The molecule has 0 radical (unpaired) electrons. The maximum atomic E-state index is 11.6. The molecule has 0 unspecified atom stereocenters. The molecular formula is C16H26N2O4. The van der Waals surface area contributed by atoms with E-state index in [1.165, 1.54) is 0 Å². The number of carbonyl (C=O) groups excluding carboxylic acids is 1. The van der Waals surface area contributed by atoms with Gasteiger partial charge in [-0.25, -0.2) is 0 Å². The van der Waals surface area contributed by atoms with Crippen molar-refractivity contribution in [3.05, 3.63) is 24.3 Å². The van der Waals surface area contributed by atoms with Gasteiger partial charge in [-0.3, -0.25) is 4.79 Å². The fourth-order valence-corrected chi connectivity index (χ4v) is 1.72. The number of hydrogen-bond acceptors (Lipinski definition) is 5. The Balaban J connectivity index is 2.19. The first-order valence-corrected chi connectivity index (χ1v) is 7.56. The van der Waals surface area contributed by atoms with Gasteiger partial charge in [-0.1, -0.05) is 0 Å². The fourth-order valence-electron chi connectivity index (χ4n) is 1.72. The van der Waals surface area contributed by atoms with Gasteiger partial charge in [-0.2, -0.15) is 0 Å². The van der Waals surface area contributed by atoms with E-state index in [-0.39, 0.29) is 12.5 Å². The number of benzene rings is 1. The first-order chi connectivity index (χ1) is 10.8. The van der Waals surface area contributed by atoms with E-state index in [0.29, 0.717) is 33.0 Å². The summed E-state index contributed by atoms with van der Waals surface area (Å²) in [4.78, 5) is 11.6. The smallest absolute Gasteiger partial charge is 0.239 e. The van der Waals surface area contributed by atoms with Gasteiger partial charge in [0.05, 0.1) is 13.2 Å². The van der Waals surface area contributed by atoms with Crippen LogP contribution in [0.4, 0.5) is 5.69 Å². The second-order valence-corrected chi connectivity index (χ2v) is 4.62. The normalized spacial score (nSPS) is 10.3. The molecule has 0 spiro atoms. The Kier molecular flexibility index (Phi) is 9.81. The number of hydrogen-bond donors (Lipinski definition) is 2. The zero-order chi connectivity index (χ0) is 16.0. The monoisotopic (exact) mass is 310 g/mol. The van der Waals surface area contributed by atoms with Crippen LogP contribution >= 0.6 is 0 Å². The van der Waals surface area contributed by atoms with E-state index in [0.717, 1.165) is 17.9 Å². The Bertz CT molecular complexity index is 409. The summed E-state index contributed by atoms with van der Waals surface area (Å²) in [5.74, 6) is 0.752. The largest absolute Gasteiger partial charge is 0.491 e. The molecule has 124 valence electrons. The molecule has 6 heteroatoms. The van der Waals surface area contributed by atoms with Crippen molar-refractivity contribution in [1.82, 2.24) is 5.32 Å². The predicted octanol–water partition coefficient (Wildman–Crippen LogP) is 1.67. The summed E-state index contributed by atoms with van der Waals surface area (Å²) in [6.45, 7) is 5.29. The Morgan fingerprint density at radius 2 is 1.91 bits per heavy atom. The van der Waals surface area contributed by atoms with E-state index in [4.69, 9.17) is 14.2 Å². The Hall–Kier alpha value is -1.79. The third-order valence-corrected chi connectivity index (χ3v) is 2.86. The van der Waals surface area contributed by atoms with Gasteiger partial charge in [0.25, 0.3) is 0 Å². The average Bonchev–Trinajstić information content (AvgIpc) is 2.55. The topological polar surface area (TPSA) is 68.8 Å². The molecule has 1 aromatic rings. The first kappa shape index (κ1) is 18.3. The van der Waals surface area contributed by atoms with Crippen LogP contribution in [-0.2, 0) is 14.3 Å². The third kappa shape index (κ3) is 8.49. The Morgan fingerprint density at radius 3 is 2.59 bits per heavy atom. The maximum Gasteiger partial charge on any atom is 0.239 e. The zero-order valence-electron chi connectivity index (χ0n) is 13.4. The second kappa shape index (κ2) is 11.8. The number of nitrogens with one attached hydrogen (secondary N) is 2.